The van der Waals surface area contributed by atoms with Gasteiger partial charge in [0.25, 0.3) is 5.91 Å². The first-order chi connectivity index (χ1) is 25.0. The predicted molar refractivity (Wildman–Crippen MR) is 197 cm³/mol. The van der Waals surface area contributed by atoms with Crippen molar-refractivity contribution in [2.75, 3.05) is 63.2 Å². The number of ether oxygens (including phenoxy) is 5. The number of nitrogens with one attached hydrogen (secondary N) is 3. The fourth-order valence-corrected chi connectivity index (χ4v) is 5.98. The van der Waals surface area contributed by atoms with Crippen molar-refractivity contribution in [3.63, 3.8) is 0 Å². The predicted octanol–water partition coefficient (Wildman–Crippen LogP) is 6.03. The number of carbonyl (C=O) groups is 3. The third kappa shape index (κ3) is 9.98. The first-order valence-corrected chi connectivity index (χ1v) is 17.5. The molecule has 0 unspecified atom stereocenters. The van der Waals surface area contributed by atoms with E-state index in [0.29, 0.717) is 46.7 Å². The van der Waals surface area contributed by atoms with E-state index in [9.17, 15) is 19.5 Å². The fourth-order valence-electron chi connectivity index (χ4n) is 5.98. The van der Waals surface area contributed by atoms with Crippen molar-refractivity contribution in [1.29, 1.82) is 0 Å². The molecule has 4 atom stereocenters. The van der Waals surface area contributed by atoms with Gasteiger partial charge in [-0.2, -0.15) is 0 Å². The number of benzene rings is 3. The Balaban J connectivity index is 1.34. The van der Waals surface area contributed by atoms with Crippen LogP contribution in [0.25, 0.3) is 0 Å². The van der Waals surface area contributed by atoms with Crippen molar-refractivity contribution in [2.24, 2.45) is 5.92 Å². The molecule has 2 aliphatic heterocycles. The number of amides is 5. The molecule has 14 nitrogen and oxygen atoms in total. The second-order valence-electron chi connectivity index (χ2n) is 13.2. The number of likely N-dealkylation sites (N-methyl/N-ethyl adjacent to an activating group) is 1. The number of urea groups is 2. The summed E-state index contributed by atoms with van der Waals surface area (Å²) < 4.78 is 28.7. The van der Waals surface area contributed by atoms with Gasteiger partial charge in [-0.15, -0.1) is 0 Å². The topological polar surface area (TPSA) is 160 Å². The van der Waals surface area contributed by atoms with Crippen molar-refractivity contribution < 1.29 is 43.2 Å². The van der Waals surface area contributed by atoms with Gasteiger partial charge in [0.2, 0.25) is 6.79 Å². The molecule has 3 aromatic carbocycles. The number of hydrogen-bond acceptors (Lipinski definition) is 9. The van der Waals surface area contributed by atoms with Gasteiger partial charge in [0.15, 0.2) is 11.5 Å². The molecular weight excluding hydrogens is 670 g/mol. The molecule has 2 heterocycles. The number of hydrogen-bond donors (Lipinski definition) is 4. The first kappa shape index (κ1) is 38.0. The summed E-state index contributed by atoms with van der Waals surface area (Å²) in [5, 5.41) is 18.8. The number of carbonyl (C=O) groups excluding carboxylic acids is 3. The summed E-state index contributed by atoms with van der Waals surface area (Å²) in [4.78, 5) is 43.8. The average molecular weight is 720 g/mol. The van der Waals surface area contributed by atoms with Gasteiger partial charge >= 0.3 is 12.1 Å². The van der Waals surface area contributed by atoms with Gasteiger partial charge in [0.05, 0.1) is 37.5 Å². The molecule has 0 bridgehead atoms. The smallest absolute Gasteiger partial charge is 0.323 e. The Hall–Kier alpha value is -5.21. The van der Waals surface area contributed by atoms with Gasteiger partial charge in [0, 0.05) is 55.8 Å². The van der Waals surface area contributed by atoms with Gasteiger partial charge in [0.1, 0.15) is 11.5 Å². The molecule has 4 N–H and O–H groups in total. The summed E-state index contributed by atoms with van der Waals surface area (Å²) in [6, 6.07) is 15.7. The molecule has 3 aromatic rings. The van der Waals surface area contributed by atoms with Crippen molar-refractivity contribution in [2.45, 2.75) is 58.3 Å². The first-order valence-electron chi connectivity index (χ1n) is 17.5. The second-order valence-corrected chi connectivity index (χ2v) is 13.2. The Morgan fingerprint density at radius 3 is 2.35 bits per heavy atom. The van der Waals surface area contributed by atoms with Crippen molar-refractivity contribution in [3.8, 4) is 23.0 Å². The number of rotatable bonds is 8. The lowest BCUT2D eigenvalue weighted by atomic mass is 10.0. The van der Waals surface area contributed by atoms with Gasteiger partial charge in [-0.05, 0) is 87.7 Å². The minimum absolute atomic E-state index is 0.135. The van der Waals surface area contributed by atoms with Crippen LogP contribution in [0.5, 0.6) is 23.0 Å². The largest absolute Gasteiger partial charge is 0.497 e. The monoisotopic (exact) mass is 719 g/mol. The standard InChI is InChI=1S/C38H49N5O9/c1-24-20-43(25(2)22-44)36(45)31-18-28(40-37(46)39-27-9-13-30(48-5)14-10-27)11-15-32(31)52-26(3)8-6-7-17-49-35(24)21-42(4)38(47)41-29-12-16-33-34(19-29)51-23-50-33/h9-16,18-19,24-26,35,44H,6-8,17,20-23H2,1-5H3,(H,41,47)(H2,39,40,46)/t24-,25-,26-,35+/m1/s1. The molecule has 0 fully saturated rings. The Bertz CT molecular complexity index is 1690. The van der Waals surface area contributed by atoms with Crippen molar-refractivity contribution in [1.82, 2.24) is 9.80 Å². The van der Waals surface area contributed by atoms with E-state index in [1.165, 1.54) is 0 Å². The Morgan fingerprint density at radius 1 is 0.942 bits per heavy atom. The number of aliphatic hydroxyl groups is 1. The summed E-state index contributed by atoms with van der Waals surface area (Å²) in [5.41, 5.74) is 1.76. The Labute approximate surface area is 304 Å². The summed E-state index contributed by atoms with van der Waals surface area (Å²) in [7, 11) is 3.26. The molecule has 2 aliphatic rings. The lowest BCUT2D eigenvalue weighted by molar-refractivity contribution is -0.0115. The number of methoxy groups -OCH3 is 1. The third-order valence-electron chi connectivity index (χ3n) is 9.08. The molecule has 5 rings (SSSR count). The third-order valence-corrected chi connectivity index (χ3v) is 9.08. The zero-order valence-electron chi connectivity index (χ0n) is 30.3. The molecule has 5 amide bonds. The zero-order chi connectivity index (χ0) is 37.2. The van der Waals surface area contributed by atoms with Gasteiger partial charge < -0.3 is 54.5 Å². The molecule has 0 aliphatic carbocycles. The zero-order valence-corrected chi connectivity index (χ0v) is 30.3. The molecule has 14 heteroatoms. The van der Waals surface area contributed by atoms with Crippen LogP contribution >= 0.6 is 0 Å². The highest BCUT2D eigenvalue weighted by Crippen LogP contribution is 2.34. The number of nitrogens with zero attached hydrogens (tertiary/aromatic N) is 2. The maximum absolute atomic E-state index is 14.4. The Morgan fingerprint density at radius 2 is 1.62 bits per heavy atom. The average Bonchev–Trinajstić information content (AvgIpc) is 3.61. The van der Waals surface area contributed by atoms with Crippen LogP contribution in [0, 0.1) is 5.92 Å². The van der Waals surface area contributed by atoms with Gasteiger partial charge in [-0.25, -0.2) is 9.59 Å². The SMILES string of the molecule is COc1ccc(NC(=O)Nc2ccc3c(c2)C(=O)N([C@H](C)CO)C[C@@H](C)[C@H](CN(C)C(=O)Nc2ccc4c(c2)OCO4)OCCCC[C@@H](C)O3)cc1. The van der Waals surface area contributed by atoms with E-state index in [-0.39, 0.29) is 56.0 Å². The van der Waals surface area contributed by atoms with Crippen LogP contribution in [-0.2, 0) is 4.74 Å². The van der Waals surface area contributed by atoms with E-state index in [1.807, 2.05) is 13.8 Å². The highest BCUT2D eigenvalue weighted by atomic mass is 16.7. The highest BCUT2D eigenvalue weighted by Gasteiger charge is 2.31. The fraction of sp³-hybridized carbons (Fsp3) is 0.447. The van der Waals surface area contributed by atoms with E-state index in [2.05, 4.69) is 16.0 Å². The molecule has 0 spiro atoms. The van der Waals surface area contributed by atoms with E-state index in [1.54, 1.807) is 91.5 Å². The van der Waals surface area contributed by atoms with Gasteiger partial charge in [-0.3, -0.25) is 4.79 Å². The minimum atomic E-state index is -0.559. The van der Waals surface area contributed by atoms with Crippen LogP contribution in [0.3, 0.4) is 0 Å². The lowest BCUT2D eigenvalue weighted by Crippen LogP contribution is -2.48. The van der Waals surface area contributed by atoms with Crippen LogP contribution in [0.4, 0.5) is 26.7 Å². The highest BCUT2D eigenvalue weighted by molar-refractivity contribution is 6.02. The van der Waals surface area contributed by atoms with E-state index in [4.69, 9.17) is 23.7 Å². The van der Waals surface area contributed by atoms with E-state index < -0.39 is 18.2 Å². The summed E-state index contributed by atoms with van der Waals surface area (Å²) in [6.07, 6.45) is 1.68. The molecule has 0 aromatic heterocycles. The molecule has 0 saturated heterocycles. The van der Waals surface area contributed by atoms with Crippen LogP contribution < -0.4 is 34.9 Å². The number of anilines is 3. The van der Waals surface area contributed by atoms with Gasteiger partial charge in [-0.1, -0.05) is 6.92 Å². The molecule has 0 radical (unpaired) electrons. The van der Waals surface area contributed by atoms with E-state index >= 15 is 0 Å². The summed E-state index contributed by atoms with van der Waals surface area (Å²) in [6.45, 7) is 6.46. The maximum Gasteiger partial charge on any atom is 0.323 e. The second kappa shape index (κ2) is 17.8. The Kier molecular flexibility index (Phi) is 13.0. The molecule has 0 saturated carbocycles. The van der Waals surface area contributed by atoms with Crippen LogP contribution in [0.2, 0.25) is 0 Å². The van der Waals surface area contributed by atoms with Crippen molar-refractivity contribution >= 4 is 35.0 Å². The normalized spacial score (nSPS) is 19.7. The quantitative estimate of drug-likeness (QED) is 0.218. The van der Waals surface area contributed by atoms with E-state index in [0.717, 1.165) is 19.3 Å². The molecule has 280 valence electrons. The van der Waals surface area contributed by atoms with Crippen LogP contribution in [0.1, 0.15) is 50.4 Å². The molecule has 52 heavy (non-hydrogen) atoms. The molecular formula is C38H49N5O9. The minimum Gasteiger partial charge on any atom is -0.497 e. The van der Waals surface area contributed by atoms with Crippen LogP contribution in [-0.4, -0.2) is 98.4 Å². The summed E-state index contributed by atoms with van der Waals surface area (Å²) >= 11 is 0. The van der Waals surface area contributed by atoms with Crippen LogP contribution in [0.15, 0.2) is 60.7 Å². The lowest BCUT2D eigenvalue weighted by Gasteiger charge is -2.35. The maximum atomic E-state index is 14.4. The summed E-state index contributed by atoms with van der Waals surface area (Å²) in [5.74, 6) is 1.60. The number of aliphatic hydroxyl groups excluding tert-OH is 1. The number of fused-ring (bicyclic) bond motifs is 2. The van der Waals surface area contributed by atoms with Crippen molar-refractivity contribution in [3.05, 3.63) is 66.2 Å².